The molecule has 3 atom stereocenters. The SMILES string of the molecule is NC(Cc1cc(F)c(F)cc1F)C1CC2CCC(C1)N2C(=O)CSc1ccccc1. The minimum Gasteiger partial charge on any atom is -0.336 e. The summed E-state index contributed by atoms with van der Waals surface area (Å²) in [4.78, 5) is 16.0. The maximum absolute atomic E-state index is 14.0. The molecule has 2 saturated heterocycles. The number of fused-ring (bicyclic) bond motifs is 2. The molecule has 1 amide bonds. The number of halogens is 3. The van der Waals surface area contributed by atoms with E-state index in [-0.39, 0.29) is 41.9 Å². The van der Waals surface area contributed by atoms with Gasteiger partial charge in [-0.3, -0.25) is 4.79 Å². The van der Waals surface area contributed by atoms with E-state index < -0.39 is 17.5 Å². The lowest BCUT2D eigenvalue weighted by atomic mass is 9.82. The molecule has 30 heavy (non-hydrogen) atoms. The zero-order valence-electron chi connectivity index (χ0n) is 16.6. The number of nitrogens with zero attached hydrogens (tertiary/aromatic N) is 1. The van der Waals surface area contributed by atoms with Crippen LogP contribution in [0.25, 0.3) is 0 Å². The highest BCUT2D eigenvalue weighted by atomic mass is 32.2. The van der Waals surface area contributed by atoms with Gasteiger partial charge in [-0.2, -0.15) is 0 Å². The van der Waals surface area contributed by atoms with Crippen molar-refractivity contribution in [1.29, 1.82) is 0 Å². The zero-order valence-corrected chi connectivity index (χ0v) is 17.4. The second kappa shape index (κ2) is 9.02. The molecule has 3 unspecified atom stereocenters. The van der Waals surface area contributed by atoms with Gasteiger partial charge in [0.1, 0.15) is 5.82 Å². The summed E-state index contributed by atoms with van der Waals surface area (Å²) in [6, 6.07) is 11.3. The topological polar surface area (TPSA) is 46.3 Å². The molecule has 7 heteroatoms. The lowest BCUT2D eigenvalue weighted by Crippen LogP contribution is -2.50. The number of thioether (sulfide) groups is 1. The van der Waals surface area contributed by atoms with Crippen LogP contribution >= 0.6 is 11.8 Å². The maximum atomic E-state index is 14.0. The Morgan fingerprint density at radius 3 is 2.33 bits per heavy atom. The minimum atomic E-state index is -1.19. The van der Waals surface area contributed by atoms with Gasteiger partial charge in [0.15, 0.2) is 11.6 Å². The van der Waals surface area contributed by atoms with Crippen molar-refractivity contribution in [1.82, 2.24) is 4.90 Å². The van der Waals surface area contributed by atoms with Gasteiger partial charge in [-0.15, -0.1) is 11.8 Å². The normalized spacial score (nSPS) is 24.1. The third-order valence-corrected chi connectivity index (χ3v) is 7.31. The highest BCUT2D eigenvalue weighted by Crippen LogP contribution is 2.40. The predicted octanol–water partition coefficient (Wildman–Crippen LogP) is 4.54. The van der Waals surface area contributed by atoms with Gasteiger partial charge in [0, 0.05) is 29.1 Å². The Kier molecular flexibility index (Phi) is 6.39. The Labute approximate surface area is 178 Å². The molecule has 160 valence electrons. The highest BCUT2D eigenvalue weighted by molar-refractivity contribution is 8.00. The summed E-state index contributed by atoms with van der Waals surface area (Å²) in [6.07, 6.45) is 3.60. The molecule has 0 aliphatic carbocycles. The molecule has 3 nitrogen and oxygen atoms in total. The van der Waals surface area contributed by atoms with E-state index >= 15 is 0 Å². The smallest absolute Gasteiger partial charge is 0.233 e. The molecule has 2 bridgehead atoms. The molecule has 2 aliphatic rings. The molecule has 2 aromatic carbocycles. The molecule has 0 radical (unpaired) electrons. The van der Waals surface area contributed by atoms with Crippen LogP contribution in [-0.4, -0.2) is 34.7 Å². The fraction of sp³-hybridized carbons (Fsp3) is 0.435. The van der Waals surface area contributed by atoms with Crippen molar-refractivity contribution in [2.45, 2.75) is 55.1 Å². The summed E-state index contributed by atoms with van der Waals surface area (Å²) in [5.74, 6) is -2.33. The van der Waals surface area contributed by atoms with E-state index in [1.165, 1.54) is 0 Å². The summed E-state index contributed by atoms with van der Waals surface area (Å²) >= 11 is 1.54. The minimum absolute atomic E-state index is 0.103. The maximum Gasteiger partial charge on any atom is 0.233 e. The largest absolute Gasteiger partial charge is 0.336 e. The fourth-order valence-corrected chi connectivity index (χ4v) is 5.64. The van der Waals surface area contributed by atoms with E-state index in [1.807, 2.05) is 35.2 Å². The van der Waals surface area contributed by atoms with Crippen molar-refractivity contribution < 1.29 is 18.0 Å². The molecule has 2 fully saturated rings. The van der Waals surface area contributed by atoms with Gasteiger partial charge in [-0.05, 0) is 61.8 Å². The van der Waals surface area contributed by atoms with Gasteiger partial charge in [-0.25, -0.2) is 13.2 Å². The van der Waals surface area contributed by atoms with Gasteiger partial charge < -0.3 is 10.6 Å². The van der Waals surface area contributed by atoms with Gasteiger partial charge in [0.05, 0.1) is 5.75 Å². The number of piperidine rings is 1. The standard InChI is InChI=1S/C23H25F3N2OS/c24-19-12-21(26)20(25)10-14(19)11-22(27)15-8-16-6-7-17(9-15)28(16)23(29)13-30-18-4-2-1-3-5-18/h1-5,10,12,15-17,22H,6-9,11,13,27H2. The first-order valence-electron chi connectivity index (χ1n) is 10.3. The second-order valence-corrected chi connectivity index (χ2v) is 9.29. The third-order valence-electron chi connectivity index (χ3n) is 6.31. The van der Waals surface area contributed by atoms with Crippen LogP contribution in [0.5, 0.6) is 0 Å². The number of amides is 1. The Balaban J connectivity index is 1.36. The highest BCUT2D eigenvalue weighted by Gasteiger charge is 2.44. The first kappa shape index (κ1) is 21.2. The number of hydrogen-bond donors (Lipinski definition) is 1. The lowest BCUT2D eigenvalue weighted by molar-refractivity contribution is -0.133. The number of hydrogen-bond acceptors (Lipinski definition) is 3. The van der Waals surface area contributed by atoms with Crippen LogP contribution in [0.4, 0.5) is 13.2 Å². The molecule has 0 aromatic heterocycles. The van der Waals surface area contributed by atoms with E-state index in [4.69, 9.17) is 5.73 Å². The van der Waals surface area contributed by atoms with Crippen molar-refractivity contribution in [2.75, 3.05) is 5.75 Å². The predicted molar refractivity (Wildman–Crippen MR) is 112 cm³/mol. The Hall–Kier alpha value is -1.99. The van der Waals surface area contributed by atoms with E-state index in [2.05, 4.69) is 0 Å². The van der Waals surface area contributed by atoms with Crippen LogP contribution in [0.3, 0.4) is 0 Å². The zero-order chi connectivity index (χ0) is 21.3. The summed E-state index contributed by atoms with van der Waals surface area (Å²) in [7, 11) is 0. The van der Waals surface area contributed by atoms with Gasteiger partial charge in [0.2, 0.25) is 5.91 Å². The van der Waals surface area contributed by atoms with Gasteiger partial charge >= 0.3 is 0 Å². The summed E-state index contributed by atoms with van der Waals surface area (Å²) in [5, 5.41) is 0. The Bertz CT molecular complexity index is 897. The number of benzene rings is 2. The Morgan fingerprint density at radius 1 is 1.03 bits per heavy atom. The fourth-order valence-electron chi connectivity index (χ4n) is 4.85. The quantitative estimate of drug-likeness (QED) is 0.537. The van der Waals surface area contributed by atoms with Crippen LogP contribution in [0, 0.1) is 23.4 Å². The monoisotopic (exact) mass is 434 g/mol. The lowest BCUT2D eigenvalue weighted by Gasteiger charge is -2.41. The average Bonchev–Trinajstić information content (AvgIpc) is 3.00. The van der Waals surface area contributed by atoms with Crippen LogP contribution in [0.2, 0.25) is 0 Å². The molecule has 2 N–H and O–H groups in total. The molecular weight excluding hydrogens is 409 g/mol. The first-order valence-corrected chi connectivity index (χ1v) is 11.3. The van der Waals surface area contributed by atoms with Crippen molar-refractivity contribution in [3.8, 4) is 0 Å². The molecule has 0 spiro atoms. The molecule has 2 aliphatic heterocycles. The first-order chi connectivity index (χ1) is 14.4. The van der Waals surface area contributed by atoms with Crippen molar-refractivity contribution in [2.24, 2.45) is 11.7 Å². The summed E-state index contributed by atoms with van der Waals surface area (Å²) < 4.78 is 40.7. The third kappa shape index (κ3) is 4.52. The average molecular weight is 435 g/mol. The van der Waals surface area contributed by atoms with Crippen LogP contribution in [0.1, 0.15) is 31.2 Å². The summed E-state index contributed by atoms with van der Waals surface area (Å²) in [5.41, 5.74) is 6.46. The summed E-state index contributed by atoms with van der Waals surface area (Å²) in [6.45, 7) is 0. The van der Waals surface area contributed by atoms with E-state index in [0.717, 1.165) is 36.6 Å². The molecule has 2 heterocycles. The van der Waals surface area contributed by atoms with E-state index in [1.54, 1.807) is 11.8 Å². The van der Waals surface area contributed by atoms with Crippen LogP contribution in [-0.2, 0) is 11.2 Å². The number of carbonyl (C=O) groups excluding carboxylic acids is 1. The van der Waals surface area contributed by atoms with Crippen molar-refractivity contribution in [3.63, 3.8) is 0 Å². The Morgan fingerprint density at radius 2 is 1.67 bits per heavy atom. The molecular formula is C23H25F3N2OS. The van der Waals surface area contributed by atoms with Gasteiger partial charge in [-0.1, -0.05) is 18.2 Å². The van der Waals surface area contributed by atoms with Crippen LogP contribution in [0.15, 0.2) is 47.4 Å². The molecule has 0 saturated carbocycles. The number of carbonyl (C=O) groups is 1. The number of rotatable bonds is 6. The van der Waals surface area contributed by atoms with Crippen LogP contribution < -0.4 is 5.73 Å². The van der Waals surface area contributed by atoms with E-state index in [0.29, 0.717) is 11.8 Å². The molecule has 2 aromatic rings. The van der Waals surface area contributed by atoms with Gasteiger partial charge in [0.25, 0.3) is 0 Å². The van der Waals surface area contributed by atoms with Crippen molar-refractivity contribution >= 4 is 17.7 Å². The van der Waals surface area contributed by atoms with E-state index in [9.17, 15) is 18.0 Å². The second-order valence-electron chi connectivity index (χ2n) is 8.24. The number of nitrogens with two attached hydrogens (primary N) is 1. The van der Waals surface area contributed by atoms with Crippen molar-refractivity contribution in [3.05, 3.63) is 65.5 Å². The molecule has 4 rings (SSSR count).